The second-order valence-corrected chi connectivity index (χ2v) is 8.92. The zero-order valence-electron chi connectivity index (χ0n) is 11.2. The maximum absolute atomic E-state index is 12.4. The van der Waals surface area contributed by atoms with Crippen LogP contribution in [0.25, 0.3) is 0 Å². The number of thioether (sulfide) groups is 1. The summed E-state index contributed by atoms with van der Waals surface area (Å²) in [6, 6.07) is 1.88. The van der Waals surface area contributed by atoms with Crippen molar-refractivity contribution in [1.29, 1.82) is 0 Å². The predicted molar refractivity (Wildman–Crippen MR) is 82.5 cm³/mol. The first-order valence-electron chi connectivity index (χ1n) is 6.37. The fourth-order valence-electron chi connectivity index (χ4n) is 2.15. The lowest BCUT2D eigenvalue weighted by Crippen LogP contribution is -2.37. The molecule has 0 amide bonds. The van der Waals surface area contributed by atoms with Crippen LogP contribution in [0.3, 0.4) is 0 Å². The standard InChI is InChI=1S/C12H20N2O2S3/c1-9-12(7-11(18-9)8-13-2)19(15,16)14-10-3-5-17-6-4-10/h7,10,13-14H,3-6,8H2,1-2H3. The van der Waals surface area contributed by atoms with Crippen LogP contribution in [0.1, 0.15) is 22.6 Å². The Labute approximate surface area is 123 Å². The summed E-state index contributed by atoms with van der Waals surface area (Å²) >= 11 is 3.44. The number of thiophene rings is 1. The molecule has 0 aliphatic carbocycles. The van der Waals surface area contributed by atoms with Crippen molar-refractivity contribution >= 4 is 33.1 Å². The largest absolute Gasteiger partial charge is 0.315 e. The maximum atomic E-state index is 12.4. The van der Waals surface area contributed by atoms with E-state index in [2.05, 4.69) is 10.0 Å². The molecule has 0 radical (unpaired) electrons. The third kappa shape index (κ3) is 3.95. The Morgan fingerprint density at radius 1 is 1.37 bits per heavy atom. The molecule has 4 nitrogen and oxygen atoms in total. The highest BCUT2D eigenvalue weighted by atomic mass is 32.2. The number of sulfonamides is 1. The first-order chi connectivity index (χ1) is 9.03. The highest BCUT2D eigenvalue weighted by Gasteiger charge is 2.24. The van der Waals surface area contributed by atoms with Crippen LogP contribution in [-0.4, -0.2) is 33.0 Å². The van der Waals surface area contributed by atoms with Gasteiger partial charge in [0.1, 0.15) is 0 Å². The van der Waals surface area contributed by atoms with Gasteiger partial charge in [0.2, 0.25) is 10.0 Å². The van der Waals surface area contributed by atoms with Gasteiger partial charge in [-0.2, -0.15) is 11.8 Å². The second-order valence-electron chi connectivity index (χ2n) is 4.67. The quantitative estimate of drug-likeness (QED) is 0.871. The minimum atomic E-state index is -3.36. The van der Waals surface area contributed by atoms with E-state index in [1.54, 1.807) is 17.4 Å². The Kier molecular flexibility index (Phi) is 5.30. The molecule has 1 aromatic rings. The average molecular weight is 321 g/mol. The summed E-state index contributed by atoms with van der Waals surface area (Å²) in [6.07, 6.45) is 1.85. The molecule has 1 saturated heterocycles. The molecule has 0 aromatic carbocycles. The van der Waals surface area contributed by atoms with Gasteiger partial charge in [-0.3, -0.25) is 0 Å². The first-order valence-corrected chi connectivity index (χ1v) is 9.82. The van der Waals surface area contributed by atoms with E-state index in [0.29, 0.717) is 11.4 Å². The van der Waals surface area contributed by atoms with Gasteiger partial charge < -0.3 is 5.32 Å². The van der Waals surface area contributed by atoms with Crippen molar-refractivity contribution in [2.45, 2.75) is 37.2 Å². The van der Waals surface area contributed by atoms with E-state index in [9.17, 15) is 8.42 Å². The minimum absolute atomic E-state index is 0.0956. The van der Waals surface area contributed by atoms with E-state index in [1.807, 2.05) is 25.7 Å². The van der Waals surface area contributed by atoms with Crippen molar-refractivity contribution in [3.05, 3.63) is 15.8 Å². The molecular formula is C12H20N2O2S3. The van der Waals surface area contributed by atoms with Crippen molar-refractivity contribution < 1.29 is 8.42 Å². The molecule has 0 unspecified atom stereocenters. The molecule has 1 fully saturated rings. The van der Waals surface area contributed by atoms with E-state index >= 15 is 0 Å². The molecule has 0 spiro atoms. The van der Waals surface area contributed by atoms with Crippen LogP contribution in [0, 0.1) is 6.92 Å². The molecule has 1 aromatic heterocycles. The zero-order valence-corrected chi connectivity index (χ0v) is 13.7. The lowest BCUT2D eigenvalue weighted by Gasteiger charge is -2.22. The fourth-order valence-corrected chi connectivity index (χ4v) is 6.21. The van der Waals surface area contributed by atoms with Gasteiger partial charge in [-0.15, -0.1) is 11.3 Å². The smallest absolute Gasteiger partial charge is 0.241 e. The van der Waals surface area contributed by atoms with E-state index in [-0.39, 0.29) is 6.04 Å². The van der Waals surface area contributed by atoms with Crippen molar-refractivity contribution in [1.82, 2.24) is 10.0 Å². The molecule has 2 heterocycles. The van der Waals surface area contributed by atoms with E-state index in [4.69, 9.17) is 0 Å². The van der Waals surface area contributed by atoms with Crippen LogP contribution in [0.15, 0.2) is 11.0 Å². The van der Waals surface area contributed by atoms with Crippen LogP contribution in [0.4, 0.5) is 0 Å². The van der Waals surface area contributed by atoms with Crippen molar-refractivity contribution in [2.24, 2.45) is 0 Å². The molecular weight excluding hydrogens is 300 g/mol. The Bertz CT molecular complexity index is 519. The van der Waals surface area contributed by atoms with Crippen LogP contribution in [0.2, 0.25) is 0 Å². The van der Waals surface area contributed by atoms with Gasteiger partial charge in [0.05, 0.1) is 4.90 Å². The van der Waals surface area contributed by atoms with Crippen LogP contribution < -0.4 is 10.0 Å². The average Bonchev–Trinajstić information content (AvgIpc) is 2.72. The predicted octanol–water partition coefficient (Wildman–Crippen LogP) is 1.95. The Hall–Kier alpha value is -0.0800. The van der Waals surface area contributed by atoms with Gasteiger partial charge >= 0.3 is 0 Å². The Morgan fingerprint density at radius 2 is 2.05 bits per heavy atom. The highest BCUT2D eigenvalue weighted by molar-refractivity contribution is 7.99. The molecule has 2 rings (SSSR count). The summed E-state index contributed by atoms with van der Waals surface area (Å²) in [5.74, 6) is 2.08. The summed E-state index contributed by atoms with van der Waals surface area (Å²) in [5.41, 5.74) is 0. The van der Waals surface area contributed by atoms with Gasteiger partial charge in [0.25, 0.3) is 0 Å². The topological polar surface area (TPSA) is 58.2 Å². The van der Waals surface area contributed by atoms with Crippen LogP contribution in [0.5, 0.6) is 0 Å². The van der Waals surface area contributed by atoms with E-state index in [1.165, 1.54) is 0 Å². The fraction of sp³-hybridized carbons (Fsp3) is 0.667. The third-order valence-corrected chi connectivity index (χ3v) is 6.98. The first kappa shape index (κ1) is 15.3. The van der Waals surface area contributed by atoms with Gasteiger partial charge in [-0.1, -0.05) is 0 Å². The lowest BCUT2D eigenvalue weighted by atomic mass is 10.2. The van der Waals surface area contributed by atoms with E-state index in [0.717, 1.165) is 34.1 Å². The normalized spacial score (nSPS) is 17.8. The van der Waals surface area contributed by atoms with Crippen molar-refractivity contribution in [3.63, 3.8) is 0 Å². The summed E-state index contributed by atoms with van der Waals surface area (Å²) in [7, 11) is -1.50. The number of hydrogen-bond acceptors (Lipinski definition) is 5. The molecule has 1 aliphatic heterocycles. The molecule has 108 valence electrons. The number of aryl methyl sites for hydroxylation is 1. The Morgan fingerprint density at radius 3 is 2.68 bits per heavy atom. The molecule has 0 atom stereocenters. The molecule has 0 bridgehead atoms. The number of nitrogens with one attached hydrogen (secondary N) is 2. The van der Waals surface area contributed by atoms with E-state index < -0.39 is 10.0 Å². The third-order valence-electron chi connectivity index (χ3n) is 3.11. The molecule has 1 aliphatic rings. The monoisotopic (exact) mass is 320 g/mol. The second kappa shape index (κ2) is 6.58. The number of rotatable bonds is 5. The van der Waals surface area contributed by atoms with Gasteiger partial charge in [-0.05, 0) is 44.4 Å². The Balaban J connectivity index is 2.14. The van der Waals surface area contributed by atoms with Gasteiger partial charge in [-0.25, -0.2) is 13.1 Å². The van der Waals surface area contributed by atoms with Crippen LogP contribution >= 0.6 is 23.1 Å². The zero-order chi connectivity index (χ0) is 13.9. The van der Waals surface area contributed by atoms with Crippen LogP contribution in [-0.2, 0) is 16.6 Å². The molecule has 0 saturated carbocycles. The summed E-state index contributed by atoms with van der Waals surface area (Å²) < 4.78 is 27.7. The van der Waals surface area contributed by atoms with Gasteiger partial charge in [0.15, 0.2) is 0 Å². The van der Waals surface area contributed by atoms with Crippen molar-refractivity contribution in [3.8, 4) is 0 Å². The molecule has 19 heavy (non-hydrogen) atoms. The summed E-state index contributed by atoms with van der Waals surface area (Å²) in [5, 5.41) is 3.05. The van der Waals surface area contributed by atoms with Crippen molar-refractivity contribution in [2.75, 3.05) is 18.6 Å². The number of hydrogen-bond donors (Lipinski definition) is 2. The summed E-state index contributed by atoms with van der Waals surface area (Å²) in [4.78, 5) is 2.36. The molecule has 2 N–H and O–H groups in total. The highest BCUT2D eigenvalue weighted by Crippen LogP contribution is 2.27. The van der Waals surface area contributed by atoms with Gasteiger partial charge in [0, 0.05) is 22.3 Å². The molecule has 7 heteroatoms. The minimum Gasteiger partial charge on any atom is -0.315 e. The lowest BCUT2D eigenvalue weighted by molar-refractivity contribution is 0.528. The summed E-state index contributed by atoms with van der Waals surface area (Å²) in [6.45, 7) is 2.58. The SMILES string of the molecule is CNCc1cc(S(=O)(=O)NC2CCSCC2)c(C)s1. The maximum Gasteiger partial charge on any atom is 0.241 e.